The molecule has 0 radical (unpaired) electrons. The van der Waals surface area contributed by atoms with Gasteiger partial charge in [-0.05, 0) is 34.5 Å². The summed E-state index contributed by atoms with van der Waals surface area (Å²) in [6, 6.07) is 5.87. The number of nitrogens with one attached hydrogen (secondary N) is 1. The summed E-state index contributed by atoms with van der Waals surface area (Å²) in [5, 5.41) is 7.31. The first-order chi connectivity index (χ1) is 6.04. The first-order valence-electron chi connectivity index (χ1n) is 3.87. The van der Waals surface area contributed by atoms with Gasteiger partial charge in [0.25, 0.3) is 0 Å². The second-order valence-corrected chi connectivity index (χ2v) is 3.70. The third-order valence-electron chi connectivity index (χ3n) is 1.89. The zero-order valence-corrected chi connectivity index (χ0v) is 9.22. The lowest BCUT2D eigenvalue weighted by molar-refractivity contribution is 1.17. The molecule has 0 atom stereocenters. The van der Waals surface area contributed by atoms with Crippen LogP contribution >= 0.6 is 15.9 Å². The molecule has 0 bridgehead atoms. The van der Waals surface area contributed by atoms with Crippen LogP contribution in [0.2, 0.25) is 0 Å². The number of guanidine groups is 1. The van der Waals surface area contributed by atoms with Gasteiger partial charge in [-0.2, -0.15) is 0 Å². The SMILES string of the molecule is Cc1cccc(Br)c1N(C)C(=N)N. The first-order valence-corrected chi connectivity index (χ1v) is 4.66. The maximum absolute atomic E-state index is 7.31. The van der Waals surface area contributed by atoms with Gasteiger partial charge in [0.2, 0.25) is 0 Å². The molecule has 3 nitrogen and oxygen atoms in total. The third-order valence-corrected chi connectivity index (χ3v) is 2.53. The summed E-state index contributed by atoms with van der Waals surface area (Å²) in [5.74, 6) is 0.0370. The molecule has 4 heteroatoms. The normalized spacial score (nSPS) is 9.77. The molecule has 3 N–H and O–H groups in total. The number of benzene rings is 1. The molecule has 70 valence electrons. The Morgan fingerprint density at radius 2 is 2.15 bits per heavy atom. The van der Waals surface area contributed by atoms with Gasteiger partial charge >= 0.3 is 0 Å². The minimum absolute atomic E-state index is 0.0370. The molecule has 0 saturated carbocycles. The van der Waals surface area contributed by atoms with Crippen molar-refractivity contribution in [1.29, 1.82) is 5.41 Å². The van der Waals surface area contributed by atoms with Gasteiger partial charge in [-0.1, -0.05) is 12.1 Å². The van der Waals surface area contributed by atoms with Gasteiger partial charge in [0.15, 0.2) is 5.96 Å². The molecular weight excluding hydrogens is 230 g/mol. The first kappa shape index (κ1) is 10.1. The van der Waals surface area contributed by atoms with Gasteiger partial charge in [0.05, 0.1) is 5.69 Å². The van der Waals surface area contributed by atoms with Crippen LogP contribution in [0.1, 0.15) is 5.56 Å². The molecule has 0 aliphatic carbocycles. The zero-order chi connectivity index (χ0) is 10.0. The molecule has 0 spiro atoms. The quantitative estimate of drug-likeness (QED) is 0.585. The van der Waals surface area contributed by atoms with Crippen molar-refractivity contribution < 1.29 is 0 Å². The molecule has 0 aliphatic heterocycles. The van der Waals surface area contributed by atoms with Crippen molar-refractivity contribution in [1.82, 2.24) is 0 Å². The highest BCUT2D eigenvalue weighted by molar-refractivity contribution is 9.10. The van der Waals surface area contributed by atoms with Gasteiger partial charge < -0.3 is 10.6 Å². The molecule has 0 aromatic heterocycles. The summed E-state index contributed by atoms with van der Waals surface area (Å²) in [5.41, 5.74) is 7.42. The van der Waals surface area contributed by atoms with E-state index >= 15 is 0 Å². The molecule has 1 aromatic carbocycles. The number of hydrogen-bond donors (Lipinski definition) is 2. The minimum atomic E-state index is 0.0370. The Labute approximate surface area is 86.2 Å². The molecule has 13 heavy (non-hydrogen) atoms. The van der Waals surface area contributed by atoms with Crippen LogP contribution in [0.3, 0.4) is 0 Å². The van der Waals surface area contributed by atoms with Gasteiger partial charge in [-0.3, -0.25) is 5.41 Å². The Morgan fingerprint density at radius 1 is 1.54 bits per heavy atom. The van der Waals surface area contributed by atoms with Gasteiger partial charge in [-0.15, -0.1) is 0 Å². The van der Waals surface area contributed by atoms with E-state index in [0.717, 1.165) is 15.7 Å². The van der Waals surface area contributed by atoms with Gasteiger partial charge in [0, 0.05) is 11.5 Å². The van der Waals surface area contributed by atoms with Gasteiger partial charge in [0.1, 0.15) is 0 Å². The topological polar surface area (TPSA) is 53.1 Å². The van der Waals surface area contributed by atoms with Crippen LogP contribution in [0.25, 0.3) is 0 Å². The van der Waals surface area contributed by atoms with E-state index in [0.29, 0.717) is 0 Å². The zero-order valence-electron chi connectivity index (χ0n) is 7.63. The highest BCUT2D eigenvalue weighted by atomic mass is 79.9. The predicted molar refractivity (Wildman–Crippen MR) is 59.2 cm³/mol. The Balaban J connectivity index is 3.20. The standard InChI is InChI=1S/C9H12BrN3/c1-6-4-3-5-7(10)8(6)13(2)9(11)12/h3-5H,1-2H3,(H3,11,12). The highest BCUT2D eigenvalue weighted by Crippen LogP contribution is 2.28. The van der Waals surface area contributed by atoms with Crippen LogP contribution in [-0.2, 0) is 0 Å². The molecule has 0 heterocycles. The minimum Gasteiger partial charge on any atom is -0.370 e. The van der Waals surface area contributed by atoms with Gasteiger partial charge in [-0.25, -0.2) is 0 Å². The van der Waals surface area contributed by atoms with E-state index in [-0.39, 0.29) is 5.96 Å². The summed E-state index contributed by atoms with van der Waals surface area (Å²) in [7, 11) is 1.77. The summed E-state index contributed by atoms with van der Waals surface area (Å²) >= 11 is 3.42. The average Bonchev–Trinajstić information content (AvgIpc) is 2.03. The summed E-state index contributed by atoms with van der Waals surface area (Å²) < 4.78 is 0.949. The van der Waals surface area contributed by atoms with Crippen LogP contribution in [0, 0.1) is 12.3 Å². The molecule has 0 aliphatic rings. The Bertz CT molecular complexity index is 315. The number of nitrogens with zero attached hydrogens (tertiary/aromatic N) is 1. The number of aryl methyl sites for hydroxylation is 1. The molecule has 0 amide bonds. The molecule has 1 rings (SSSR count). The van der Waals surface area contributed by atoms with E-state index < -0.39 is 0 Å². The van der Waals surface area contributed by atoms with E-state index in [1.807, 2.05) is 25.1 Å². The van der Waals surface area contributed by atoms with Crippen molar-refractivity contribution in [2.75, 3.05) is 11.9 Å². The van der Waals surface area contributed by atoms with Crippen molar-refractivity contribution in [2.45, 2.75) is 6.92 Å². The number of halogens is 1. The maximum Gasteiger partial charge on any atom is 0.192 e. The fraction of sp³-hybridized carbons (Fsp3) is 0.222. The molecule has 0 unspecified atom stereocenters. The van der Waals surface area contributed by atoms with E-state index in [4.69, 9.17) is 11.1 Å². The van der Waals surface area contributed by atoms with Crippen LogP contribution in [0.15, 0.2) is 22.7 Å². The van der Waals surface area contributed by atoms with Crippen molar-refractivity contribution in [3.63, 3.8) is 0 Å². The fourth-order valence-electron chi connectivity index (χ4n) is 1.17. The third kappa shape index (κ3) is 2.01. The Kier molecular flexibility index (Phi) is 2.93. The summed E-state index contributed by atoms with van der Waals surface area (Å²) in [6.07, 6.45) is 0. The van der Waals surface area contributed by atoms with Crippen LogP contribution < -0.4 is 10.6 Å². The van der Waals surface area contributed by atoms with Crippen molar-refractivity contribution >= 4 is 27.6 Å². The average molecular weight is 242 g/mol. The number of hydrogen-bond acceptors (Lipinski definition) is 1. The molecule has 0 fully saturated rings. The lowest BCUT2D eigenvalue weighted by atomic mass is 10.2. The number of rotatable bonds is 1. The van der Waals surface area contributed by atoms with Crippen LogP contribution in [0.4, 0.5) is 5.69 Å². The summed E-state index contributed by atoms with van der Waals surface area (Å²) in [6.45, 7) is 1.99. The predicted octanol–water partition coefficient (Wildman–Crippen LogP) is 2.09. The van der Waals surface area contributed by atoms with E-state index in [1.165, 1.54) is 0 Å². The lowest BCUT2D eigenvalue weighted by Crippen LogP contribution is -2.33. The van der Waals surface area contributed by atoms with Crippen LogP contribution in [0.5, 0.6) is 0 Å². The van der Waals surface area contributed by atoms with E-state index in [1.54, 1.807) is 11.9 Å². The van der Waals surface area contributed by atoms with E-state index in [9.17, 15) is 0 Å². The number of nitrogens with two attached hydrogens (primary N) is 1. The van der Waals surface area contributed by atoms with E-state index in [2.05, 4.69) is 15.9 Å². The summed E-state index contributed by atoms with van der Waals surface area (Å²) in [4.78, 5) is 1.64. The second kappa shape index (κ2) is 3.79. The fourth-order valence-corrected chi connectivity index (χ4v) is 1.90. The largest absolute Gasteiger partial charge is 0.370 e. The number of anilines is 1. The smallest absolute Gasteiger partial charge is 0.192 e. The molecule has 0 saturated heterocycles. The van der Waals surface area contributed by atoms with Crippen molar-refractivity contribution in [3.05, 3.63) is 28.2 Å². The molecule has 1 aromatic rings. The second-order valence-electron chi connectivity index (χ2n) is 2.85. The maximum atomic E-state index is 7.31. The van der Waals surface area contributed by atoms with Crippen LogP contribution in [-0.4, -0.2) is 13.0 Å². The monoisotopic (exact) mass is 241 g/mol. The molecular formula is C9H12BrN3. The number of para-hydroxylation sites is 1. The van der Waals surface area contributed by atoms with Crippen molar-refractivity contribution in [2.24, 2.45) is 5.73 Å². The lowest BCUT2D eigenvalue weighted by Gasteiger charge is -2.20. The Morgan fingerprint density at radius 3 is 2.62 bits per heavy atom. The van der Waals surface area contributed by atoms with Crippen molar-refractivity contribution in [3.8, 4) is 0 Å². The highest BCUT2D eigenvalue weighted by Gasteiger charge is 2.09. The Hall–Kier alpha value is -1.03.